The van der Waals surface area contributed by atoms with E-state index in [4.69, 9.17) is 0 Å². The molecule has 0 saturated heterocycles. The summed E-state index contributed by atoms with van der Waals surface area (Å²) in [6.07, 6.45) is -3.06. The summed E-state index contributed by atoms with van der Waals surface area (Å²) in [6, 6.07) is 6.65. The zero-order valence-corrected chi connectivity index (χ0v) is 20.1. The zero-order chi connectivity index (χ0) is 26.9. The molecule has 0 amide bonds. The smallest absolute Gasteiger partial charge is 0.382 e. The van der Waals surface area contributed by atoms with Crippen LogP contribution in [-0.4, -0.2) is 47.3 Å². The van der Waals surface area contributed by atoms with Gasteiger partial charge in [-0.05, 0) is 35.7 Å². The molecule has 12 heteroatoms. The summed E-state index contributed by atoms with van der Waals surface area (Å²) in [5.74, 6) is -1.98. The topological polar surface area (TPSA) is 89.6 Å². The minimum atomic E-state index is -4.76. The molecule has 4 aromatic rings. The highest BCUT2D eigenvalue weighted by Gasteiger charge is 2.38. The Hall–Kier alpha value is -3.80. The molecule has 2 atom stereocenters. The number of nitrogens with zero attached hydrogens (tertiary/aromatic N) is 6. The van der Waals surface area contributed by atoms with Crippen LogP contribution in [-0.2, 0) is 6.54 Å². The predicted molar refractivity (Wildman–Crippen MR) is 124 cm³/mol. The van der Waals surface area contributed by atoms with Gasteiger partial charge in [-0.3, -0.25) is 9.67 Å². The number of hydrogen-bond acceptors (Lipinski definition) is 6. The molecule has 37 heavy (non-hydrogen) atoms. The summed E-state index contributed by atoms with van der Waals surface area (Å²) in [5.41, 5.74) is 2.15. The molecule has 194 valence electrons. The van der Waals surface area contributed by atoms with Crippen molar-refractivity contribution < 1.29 is 27.1 Å². The Morgan fingerprint density at radius 2 is 1.65 bits per heavy atom. The minimum Gasteiger partial charge on any atom is -0.382 e. The van der Waals surface area contributed by atoms with Crippen LogP contribution in [0.3, 0.4) is 0 Å². The molecule has 3 heterocycles. The lowest BCUT2D eigenvalue weighted by atomic mass is 9.92. The number of aromatic nitrogens is 6. The van der Waals surface area contributed by atoms with E-state index in [-0.39, 0.29) is 22.9 Å². The molecule has 0 aliphatic heterocycles. The van der Waals surface area contributed by atoms with Crippen molar-refractivity contribution in [3.05, 3.63) is 77.5 Å². The van der Waals surface area contributed by atoms with Gasteiger partial charge in [0.1, 0.15) is 23.0 Å². The maximum atomic E-state index is 14.3. The van der Waals surface area contributed by atoms with Crippen molar-refractivity contribution in [2.45, 2.75) is 51.4 Å². The molecule has 4 rings (SSSR count). The average molecular weight is 518 g/mol. The normalized spacial score (nSPS) is 13.7. The van der Waals surface area contributed by atoms with Crippen molar-refractivity contribution in [2.24, 2.45) is 0 Å². The third-order valence-electron chi connectivity index (χ3n) is 5.84. The standard InChI is InChI=1S/C25H23F5N6O/c1-13(2)15-9-19(23-16(26)5-4-6-17(23)27)33-34-24(15)14(3)20-10-31-11-21(32-20)18-7-8-36(35-18)12-22(37)25(28,29)30/h4-11,13-14,22,37H,12H2,1-3H3/t14?,22-/m0/s1. The monoisotopic (exact) mass is 518 g/mol. The number of halogens is 5. The van der Waals surface area contributed by atoms with E-state index in [0.717, 1.165) is 22.4 Å². The molecule has 1 N–H and O–H groups in total. The Morgan fingerprint density at radius 3 is 2.30 bits per heavy atom. The molecular formula is C25H23F5N6O. The highest BCUT2D eigenvalue weighted by atomic mass is 19.4. The Morgan fingerprint density at radius 1 is 0.946 bits per heavy atom. The van der Waals surface area contributed by atoms with Gasteiger partial charge in [-0.2, -0.15) is 28.5 Å². The molecule has 0 fully saturated rings. The van der Waals surface area contributed by atoms with Crippen molar-refractivity contribution in [2.75, 3.05) is 0 Å². The number of benzene rings is 1. The SMILES string of the molecule is CC(C)c1cc(-c2c(F)cccc2F)nnc1C(C)c1cncc(-c2ccn(C[C@H](O)C(F)(F)F)n2)n1. The van der Waals surface area contributed by atoms with Crippen molar-refractivity contribution in [3.63, 3.8) is 0 Å². The third-order valence-corrected chi connectivity index (χ3v) is 5.84. The Bertz CT molecular complexity index is 1380. The lowest BCUT2D eigenvalue weighted by molar-refractivity contribution is -0.208. The van der Waals surface area contributed by atoms with Crippen LogP contribution in [0.25, 0.3) is 22.6 Å². The van der Waals surface area contributed by atoms with Crippen molar-refractivity contribution in [1.29, 1.82) is 0 Å². The fourth-order valence-corrected chi connectivity index (χ4v) is 3.81. The summed E-state index contributed by atoms with van der Waals surface area (Å²) in [7, 11) is 0. The molecule has 0 radical (unpaired) electrons. The van der Waals surface area contributed by atoms with Gasteiger partial charge in [-0.15, -0.1) is 0 Å². The van der Waals surface area contributed by atoms with E-state index in [1.807, 2.05) is 20.8 Å². The maximum Gasteiger partial charge on any atom is 0.416 e. The van der Waals surface area contributed by atoms with Gasteiger partial charge in [0.25, 0.3) is 0 Å². The first-order valence-corrected chi connectivity index (χ1v) is 11.4. The number of rotatable bonds is 7. The summed E-state index contributed by atoms with van der Waals surface area (Å²) < 4.78 is 67.6. The van der Waals surface area contributed by atoms with E-state index in [1.165, 1.54) is 30.7 Å². The highest BCUT2D eigenvalue weighted by molar-refractivity contribution is 5.61. The van der Waals surface area contributed by atoms with Crippen LogP contribution in [0.5, 0.6) is 0 Å². The van der Waals surface area contributed by atoms with E-state index in [9.17, 15) is 27.1 Å². The second-order valence-corrected chi connectivity index (χ2v) is 8.85. The Balaban J connectivity index is 1.65. The maximum absolute atomic E-state index is 14.3. The lowest BCUT2D eigenvalue weighted by Crippen LogP contribution is -2.32. The van der Waals surface area contributed by atoms with Gasteiger partial charge >= 0.3 is 6.18 Å². The molecular weight excluding hydrogens is 495 g/mol. The second-order valence-electron chi connectivity index (χ2n) is 8.85. The van der Waals surface area contributed by atoms with Gasteiger partial charge in [0.15, 0.2) is 6.10 Å². The highest BCUT2D eigenvalue weighted by Crippen LogP contribution is 2.32. The quantitative estimate of drug-likeness (QED) is 0.335. The first-order chi connectivity index (χ1) is 17.5. The van der Waals surface area contributed by atoms with Crippen LogP contribution in [0.1, 0.15) is 49.6 Å². The van der Waals surface area contributed by atoms with E-state index in [1.54, 1.807) is 6.07 Å². The summed E-state index contributed by atoms with van der Waals surface area (Å²) in [4.78, 5) is 8.75. The van der Waals surface area contributed by atoms with Crippen LogP contribution in [0.2, 0.25) is 0 Å². The van der Waals surface area contributed by atoms with Gasteiger partial charge in [0.05, 0.1) is 35.4 Å². The van der Waals surface area contributed by atoms with Gasteiger partial charge in [-0.25, -0.2) is 13.8 Å². The third kappa shape index (κ3) is 5.63. The molecule has 1 aromatic carbocycles. The van der Waals surface area contributed by atoms with E-state index in [2.05, 4.69) is 25.3 Å². The molecule has 7 nitrogen and oxygen atoms in total. The molecule has 1 unspecified atom stereocenters. The summed E-state index contributed by atoms with van der Waals surface area (Å²) in [5, 5.41) is 21.7. The van der Waals surface area contributed by atoms with Crippen molar-refractivity contribution >= 4 is 0 Å². The number of aliphatic hydroxyl groups excluding tert-OH is 1. The molecule has 0 spiro atoms. The molecule has 3 aromatic heterocycles. The van der Waals surface area contributed by atoms with Gasteiger partial charge in [0.2, 0.25) is 0 Å². The average Bonchev–Trinajstić information content (AvgIpc) is 3.31. The van der Waals surface area contributed by atoms with Gasteiger partial charge in [-0.1, -0.05) is 26.8 Å². The van der Waals surface area contributed by atoms with E-state index < -0.39 is 36.4 Å². The Kier molecular flexibility index (Phi) is 7.30. The first-order valence-electron chi connectivity index (χ1n) is 11.4. The van der Waals surface area contributed by atoms with Gasteiger partial charge < -0.3 is 5.11 Å². The van der Waals surface area contributed by atoms with Crippen LogP contribution < -0.4 is 0 Å². The van der Waals surface area contributed by atoms with Crippen LogP contribution in [0.15, 0.2) is 48.9 Å². The Labute approximate surface area is 209 Å². The van der Waals surface area contributed by atoms with Gasteiger partial charge in [0, 0.05) is 18.3 Å². The fraction of sp³-hybridized carbons (Fsp3) is 0.320. The van der Waals surface area contributed by atoms with Crippen LogP contribution in [0, 0.1) is 11.6 Å². The summed E-state index contributed by atoms with van der Waals surface area (Å²) in [6.45, 7) is 4.90. The number of hydrogen-bond donors (Lipinski definition) is 1. The number of alkyl halides is 3. The largest absolute Gasteiger partial charge is 0.416 e. The second kappa shape index (κ2) is 10.3. The molecule has 0 aliphatic rings. The molecule has 0 bridgehead atoms. The minimum absolute atomic E-state index is 0.0616. The van der Waals surface area contributed by atoms with E-state index in [0.29, 0.717) is 17.1 Å². The summed E-state index contributed by atoms with van der Waals surface area (Å²) >= 11 is 0. The lowest BCUT2D eigenvalue weighted by Gasteiger charge is -2.18. The van der Waals surface area contributed by atoms with Crippen molar-refractivity contribution in [3.8, 4) is 22.6 Å². The number of aliphatic hydroxyl groups is 1. The fourth-order valence-electron chi connectivity index (χ4n) is 3.81. The zero-order valence-electron chi connectivity index (χ0n) is 20.1. The molecule has 0 saturated carbocycles. The first kappa shape index (κ1) is 26.3. The van der Waals surface area contributed by atoms with Crippen LogP contribution in [0.4, 0.5) is 22.0 Å². The van der Waals surface area contributed by atoms with Crippen LogP contribution >= 0.6 is 0 Å². The van der Waals surface area contributed by atoms with Crippen molar-refractivity contribution in [1.82, 2.24) is 29.9 Å². The van der Waals surface area contributed by atoms with E-state index >= 15 is 0 Å². The molecule has 0 aliphatic carbocycles. The predicted octanol–water partition coefficient (Wildman–Crippen LogP) is 5.27.